The third-order valence-corrected chi connectivity index (χ3v) is 4.20. The molecule has 0 fully saturated rings. The summed E-state index contributed by atoms with van der Waals surface area (Å²) in [7, 11) is 1.67. The Hall–Kier alpha value is -2.06. The molecule has 0 aromatic heterocycles. The minimum atomic E-state index is -0.759. The second-order valence-corrected chi connectivity index (χ2v) is 5.57. The van der Waals surface area contributed by atoms with E-state index in [4.69, 9.17) is 4.74 Å². The first-order valence-corrected chi connectivity index (χ1v) is 7.33. The van der Waals surface area contributed by atoms with E-state index in [1.54, 1.807) is 7.11 Å². The molecule has 1 aliphatic rings. The van der Waals surface area contributed by atoms with Gasteiger partial charge in [-0.05, 0) is 48.1 Å². The molecular weight excluding hydrogens is 260 g/mol. The van der Waals surface area contributed by atoms with Gasteiger partial charge in [0.25, 0.3) is 0 Å². The van der Waals surface area contributed by atoms with E-state index in [9.17, 15) is 5.11 Å². The lowest BCUT2D eigenvalue weighted by atomic mass is 9.79. The normalized spacial score (nSPS) is 20.1. The van der Waals surface area contributed by atoms with Gasteiger partial charge in [-0.25, -0.2) is 0 Å². The highest BCUT2D eigenvalue weighted by molar-refractivity contribution is 5.58. The van der Waals surface area contributed by atoms with E-state index >= 15 is 0 Å². The monoisotopic (exact) mass is 280 g/mol. The summed E-state index contributed by atoms with van der Waals surface area (Å²) in [6, 6.07) is 16.2. The van der Waals surface area contributed by atoms with Crippen LogP contribution >= 0.6 is 0 Å². The van der Waals surface area contributed by atoms with E-state index in [1.807, 2.05) is 30.3 Å². The Morgan fingerprint density at radius 3 is 2.62 bits per heavy atom. The lowest BCUT2D eigenvalue weighted by molar-refractivity contribution is 0.0294. The van der Waals surface area contributed by atoms with Crippen molar-refractivity contribution in [2.75, 3.05) is 7.11 Å². The highest BCUT2D eigenvalue weighted by Crippen LogP contribution is 2.37. The van der Waals surface area contributed by atoms with Gasteiger partial charge in [-0.15, -0.1) is 0 Å². The van der Waals surface area contributed by atoms with Crippen LogP contribution in [0.3, 0.4) is 0 Å². The molecule has 0 spiro atoms. The maximum atomic E-state index is 11.0. The molecule has 0 amide bonds. The van der Waals surface area contributed by atoms with Crippen molar-refractivity contribution in [2.24, 2.45) is 0 Å². The highest BCUT2D eigenvalue weighted by Gasteiger charge is 2.31. The summed E-state index contributed by atoms with van der Waals surface area (Å²) in [5.74, 6) is 0.864. The average Bonchev–Trinajstić information content (AvgIpc) is 2.54. The number of ether oxygens (including phenoxy) is 1. The first-order chi connectivity index (χ1) is 10.2. The van der Waals surface area contributed by atoms with Gasteiger partial charge in [0.05, 0.1) is 12.7 Å². The predicted octanol–water partition coefficient (Wildman–Crippen LogP) is 3.93. The number of fused-ring (bicyclic) bond motifs is 1. The molecule has 2 aromatic rings. The van der Waals surface area contributed by atoms with E-state index in [2.05, 4.69) is 30.4 Å². The Kier molecular flexibility index (Phi) is 3.80. The Balaban J connectivity index is 1.76. The van der Waals surface area contributed by atoms with Gasteiger partial charge in [0.2, 0.25) is 0 Å². The molecule has 1 unspecified atom stereocenters. The highest BCUT2D eigenvalue weighted by atomic mass is 16.5. The smallest absolute Gasteiger partial charge is 0.118 e. The van der Waals surface area contributed by atoms with Gasteiger partial charge in [-0.1, -0.05) is 48.6 Å². The second kappa shape index (κ2) is 5.74. The molecule has 3 rings (SSSR count). The fourth-order valence-corrected chi connectivity index (χ4v) is 2.94. The maximum absolute atomic E-state index is 11.0. The zero-order chi connectivity index (χ0) is 14.7. The van der Waals surface area contributed by atoms with Crippen LogP contribution in [0.1, 0.15) is 29.5 Å². The predicted molar refractivity (Wildman–Crippen MR) is 85.3 cm³/mol. The average molecular weight is 280 g/mol. The molecule has 1 aliphatic carbocycles. The van der Waals surface area contributed by atoms with E-state index < -0.39 is 5.60 Å². The minimum absolute atomic E-state index is 0.681. The molecule has 0 aliphatic heterocycles. The van der Waals surface area contributed by atoms with Gasteiger partial charge in [-0.3, -0.25) is 0 Å². The van der Waals surface area contributed by atoms with Crippen LogP contribution in [0.15, 0.2) is 54.6 Å². The van der Waals surface area contributed by atoms with Crippen LogP contribution in [0.2, 0.25) is 0 Å². The third kappa shape index (κ3) is 2.86. The maximum Gasteiger partial charge on any atom is 0.118 e. The summed E-state index contributed by atoms with van der Waals surface area (Å²) in [4.78, 5) is 0. The van der Waals surface area contributed by atoms with Gasteiger partial charge < -0.3 is 9.84 Å². The largest absolute Gasteiger partial charge is 0.497 e. The zero-order valence-electron chi connectivity index (χ0n) is 12.3. The van der Waals surface area contributed by atoms with Gasteiger partial charge >= 0.3 is 0 Å². The summed E-state index contributed by atoms with van der Waals surface area (Å²) in [5, 5.41) is 11.0. The molecule has 0 bridgehead atoms. The summed E-state index contributed by atoms with van der Waals surface area (Å²) in [6.07, 6.45) is 6.41. The lowest BCUT2D eigenvalue weighted by Gasteiger charge is -2.32. The Morgan fingerprint density at radius 1 is 1.10 bits per heavy atom. The van der Waals surface area contributed by atoms with Crippen LogP contribution in [0.25, 0.3) is 6.08 Å². The molecule has 21 heavy (non-hydrogen) atoms. The molecule has 2 heteroatoms. The molecule has 0 saturated heterocycles. The number of aliphatic hydroxyl groups is 1. The van der Waals surface area contributed by atoms with Crippen molar-refractivity contribution in [3.8, 4) is 5.75 Å². The first-order valence-electron chi connectivity index (χ1n) is 7.33. The van der Waals surface area contributed by atoms with Crippen molar-refractivity contribution in [3.63, 3.8) is 0 Å². The van der Waals surface area contributed by atoms with Crippen molar-refractivity contribution in [2.45, 2.75) is 24.9 Å². The van der Waals surface area contributed by atoms with E-state index in [1.165, 1.54) is 5.56 Å². The summed E-state index contributed by atoms with van der Waals surface area (Å²) >= 11 is 0. The third-order valence-electron chi connectivity index (χ3n) is 4.20. The molecule has 0 radical (unpaired) electrons. The van der Waals surface area contributed by atoms with Crippen molar-refractivity contribution in [1.82, 2.24) is 0 Å². The number of rotatable bonds is 4. The Bertz CT molecular complexity index is 643. The number of aryl methyl sites for hydroxylation is 1. The van der Waals surface area contributed by atoms with E-state index in [0.29, 0.717) is 6.42 Å². The second-order valence-electron chi connectivity index (χ2n) is 5.57. The minimum Gasteiger partial charge on any atom is -0.497 e. The first kappa shape index (κ1) is 13.9. The topological polar surface area (TPSA) is 29.5 Å². The van der Waals surface area contributed by atoms with Crippen LogP contribution in [0, 0.1) is 0 Å². The van der Waals surface area contributed by atoms with Crippen molar-refractivity contribution in [1.29, 1.82) is 0 Å². The molecule has 108 valence electrons. The zero-order valence-corrected chi connectivity index (χ0v) is 12.3. The van der Waals surface area contributed by atoms with Gasteiger partial charge in [0, 0.05) is 0 Å². The number of benzene rings is 2. The van der Waals surface area contributed by atoms with Crippen LogP contribution in [-0.2, 0) is 12.0 Å². The Labute approximate surface area is 125 Å². The fraction of sp³-hybridized carbons (Fsp3) is 0.263. The molecule has 0 saturated carbocycles. The van der Waals surface area contributed by atoms with Crippen LogP contribution in [0.4, 0.5) is 0 Å². The summed E-state index contributed by atoms with van der Waals surface area (Å²) in [5.41, 5.74) is 2.63. The molecule has 2 nitrogen and oxygen atoms in total. The molecule has 1 atom stereocenters. The van der Waals surface area contributed by atoms with Gasteiger partial charge in [0.15, 0.2) is 0 Å². The molecular formula is C19H20O2. The lowest BCUT2D eigenvalue weighted by Crippen LogP contribution is -2.28. The van der Waals surface area contributed by atoms with Gasteiger partial charge in [0.1, 0.15) is 5.75 Å². The standard InChI is InChI=1S/C19H20O2/c1-21-17-10-8-15(9-11-17)12-14-19(20)13-4-6-16-5-2-3-7-18(16)19/h2-11,20H,12-14H2,1H3. The quantitative estimate of drug-likeness (QED) is 0.919. The summed E-state index contributed by atoms with van der Waals surface area (Å²) < 4.78 is 5.17. The number of hydrogen-bond acceptors (Lipinski definition) is 2. The van der Waals surface area contributed by atoms with Crippen LogP contribution in [-0.4, -0.2) is 12.2 Å². The van der Waals surface area contributed by atoms with Crippen LogP contribution < -0.4 is 4.74 Å². The Morgan fingerprint density at radius 2 is 1.86 bits per heavy atom. The fourth-order valence-electron chi connectivity index (χ4n) is 2.94. The molecule has 0 heterocycles. The molecule has 2 aromatic carbocycles. The number of methoxy groups -OCH3 is 1. The van der Waals surface area contributed by atoms with E-state index in [0.717, 1.165) is 29.7 Å². The van der Waals surface area contributed by atoms with Crippen molar-refractivity contribution in [3.05, 3.63) is 71.3 Å². The van der Waals surface area contributed by atoms with E-state index in [-0.39, 0.29) is 0 Å². The summed E-state index contributed by atoms with van der Waals surface area (Å²) in [6.45, 7) is 0. The van der Waals surface area contributed by atoms with Crippen molar-refractivity contribution >= 4 is 6.08 Å². The number of hydrogen-bond donors (Lipinski definition) is 1. The SMILES string of the molecule is COc1ccc(CCC2(O)CC=Cc3ccccc32)cc1. The van der Waals surface area contributed by atoms with Gasteiger partial charge in [-0.2, -0.15) is 0 Å². The van der Waals surface area contributed by atoms with Crippen molar-refractivity contribution < 1.29 is 9.84 Å². The van der Waals surface area contributed by atoms with Crippen LogP contribution in [0.5, 0.6) is 5.75 Å². The molecule has 1 N–H and O–H groups in total.